The summed E-state index contributed by atoms with van der Waals surface area (Å²) in [6.07, 6.45) is -0.749. The number of aromatic nitrogens is 2. The average molecular weight is 308 g/mol. The SMILES string of the molecule is NS(=O)(=O)c1nnc(/N=C(\CCC(=O)O)C(=O)O)s1. The van der Waals surface area contributed by atoms with Crippen LogP contribution in [0.2, 0.25) is 0 Å². The highest BCUT2D eigenvalue weighted by molar-refractivity contribution is 7.91. The summed E-state index contributed by atoms with van der Waals surface area (Å²) in [5.74, 6) is -2.61. The van der Waals surface area contributed by atoms with Gasteiger partial charge < -0.3 is 10.2 Å². The highest BCUT2D eigenvalue weighted by Crippen LogP contribution is 2.22. The Morgan fingerprint density at radius 3 is 2.32 bits per heavy atom. The molecule has 0 atom stereocenters. The molecule has 0 amide bonds. The Hall–Kier alpha value is -1.92. The molecule has 12 heteroatoms. The number of nitrogens with two attached hydrogens (primary N) is 1. The molecule has 1 heterocycles. The van der Waals surface area contributed by atoms with Crippen LogP contribution in [0.1, 0.15) is 12.8 Å². The Kier molecular flexibility index (Phi) is 4.63. The van der Waals surface area contributed by atoms with Gasteiger partial charge >= 0.3 is 11.9 Å². The van der Waals surface area contributed by atoms with E-state index in [9.17, 15) is 18.0 Å². The predicted octanol–water partition coefficient (Wildman–Crippen LogP) is -0.793. The molecule has 0 radical (unpaired) electrons. The molecule has 1 aromatic rings. The van der Waals surface area contributed by atoms with Gasteiger partial charge in [0.25, 0.3) is 10.0 Å². The van der Waals surface area contributed by atoms with E-state index in [2.05, 4.69) is 15.2 Å². The maximum atomic E-state index is 10.9. The number of sulfonamides is 1. The number of rotatable bonds is 6. The molecule has 1 rings (SSSR count). The highest BCUT2D eigenvalue weighted by atomic mass is 32.2. The van der Waals surface area contributed by atoms with E-state index in [0.717, 1.165) is 0 Å². The number of aliphatic carboxylic acids is 2. The predicted molar refractivity (Wildman–Crippen MR) is 62.9 cm³/mol. The summed E-state index contributed by atoms with van der Waals surface area (Å²) in [5.41, 5.74) is -0.459. The minimum atomic E-state index is -4.03. The lowest BCUT2D eigenvalue weighted by Gasteiger charge is -1.96. The molecule has 0 bridgehead atoms. The average Bonchev–Trinajstić information content (AvgIpc) is 2.71. The molecule has 4 N–H and O–H groups in total. The standard InChI is InChI=1S/C7H8N4O6S2/c8-19(16,17)7-11-10-6(18-7)9-3(5(14)15)1-2-4(12)13/h1-2H2,(H,12,13)(H,14,15)(H2,8,16,17)/b9-3+. The summed E-state index contributed by atoms with van der Waals surface area (Å²) < 4.78 is 21.3. The fourth-order valence-corrected chi connectivity index (χ4v) is 2.23. The molecule has 0 saturated heterocycles. The van der Waals surface area contributed by atoms with Crippen molar-refractivity contribution >= 4 is 44.1 Å². The van der Waals surface area contributed by atoms with Gasteiger partial charge in [0.15, 0.2) is 0 Å². The zero-order valence-electron chi connectivity index (χ0n) is 9.18. The smallest absolute Gasteiger partial charge is 0.350 e. The Morgan fingerprint density at radius 2 is 1.89 bits per heavy atom. The van der Waals surface area contributed by atoms with Crippen molar-refractivity contribution in [2.75, 3.05) is 0 Å². The third kappa shape index (κ3) is 4.69. The Labute approximate surface area is 110 Å². The summed E-state index contributed by atoms with van der Waals surface area (Å²) in [6.45, 7) is 0. The van der Waals surface area contributed by atoms with Gasteiger partial charge in [-0.1, -0.05) is 11.3 Å². The molecule has 19 heavy (non-hydrogen) atoms. The molecule has 0 aliphatic carbocycles. The van der Waals surface area contributed by atoms with Gasteiger partial charge in [-0.2, -0.15) is 0 Å². The van der Waals surface area contributed by atoms with E-state index in [1.165, 1.54) is 0 Å². The van der Waals surface area contributed by atoms with E-state index in [1.807, 2.05) is 0 Å². The molecule has 0 fully saturated rings. The Bertz CT molecular complexity index is 634. The lowest BCUT2D eigenvalue weighted by atomic mass is 10.2. The number of nitrogens with zero attached hydrogens (tertiary/aromatic N) is 3. The molecule has 0 aromatic carbocycles. The summed E-state index contributed by atoms with van der Waals surface area (Å²) in [4.78, 5) is 24.7. The second-order valence-corrected chi connectivity index (χ2v) is 5.84. The molecule has 0 aliphatic heterocycles. The van der Waals surface area contributed by atoms with Gasteiger partial charge in [0.1, 0.15) is 5.71 Å². The van der Waals surface area contributed by atoms with Crippen LogP contribution < -0.4 is 5.14 Å². The summed E-state index contributed by atoms with van der Waals surface area (Å²) in [6, 6.07) is 0. The molecule has 1 aromatic heterocycles. The van der Waals surface area contributed by atoms with E-state index >= 15 is 0 Å². The van der Waals surface area contributed by atoms with Crippen molar-refractivity contribution in [2.45, 2.75) is 17.2 Å². The van der Waals surface area contributed by atoms with Crippen LogP contribution in [0.4, 0.5) is 5.13 Å². The zero-order chi connectivity index (χ0) is 14.6. The van der Waals surface area contributed by atoms with Gasteiger partial charge in [0.05, 0.1) is 6.42 Å². The first-order valence-corrected chi connectivity index (χ1v) is 6.95. The van der Waals surface area contributed by atoms with Crippen LogP contribution in [0, 0.1) is 0 Å². The number of carboxylic acids is 2. The van der Waals surface area contributed by atoms with Crippen LogP contribution in [0.25, 0.3) is 0 Å². The second-order valence-electron chi connectivity index (χ2n) is 3.15. The topological polar surface area (TPSA) is 173 Å². The normalized spacial score (nSPS) is 12.4. The first-order chi connectivity index (χ1) is 8.70. The van der Waals surface area contributed by atoms with Crippen molar-refractivity contribution in [3.8, 4) is 0 Å². The summed E-state index contributed by atoms with van der Waals surface area (Å²) in [5, 5.41) is 28.4. The van der Waals surface area contributed by atoms with Crippen molar-refractivity contribution < 1.29 is 28.2 Å². The number of carboxylic acid groups (broad SMARTS) is 2. The third-order valence-corrected chi connectivity index (χ3v) is 3.82. The molecule has 104 valence electrons. The Balaban J connectivity index is 2.99. The van der Waals surface area contributed by atoms with Crippen molar-refractivity contribution in [1.82, 2.24) is 10.2 Å². The van der Waals surface area contributed by atoms with Crippen LogP contribution in [0.3, 0.4) is 0 Å². The number of primary sulfonamides is 1. The number of carbonyl (C=O) groups is 2. The fraction of sp³-hybridized carbons (Fsp3) is 0.286. The molecule has 0 saturated carbocycles. The monoisotopic (exact) mass is 308 g/mol. The molecule has 10 nitrogen and oxygen atoms in total. The summed E-state index contributed by atoms with van der Waals surface area (Å²) in [7, 11) is -4.03. The number of hydrogen-bond acceptors (Lipinski definition) is 8. The van der Waals surface area contributed by atoms with Gasteiger partial charge in [0, 0.05) is 6.42 Å². The zero-order valence-corrected chi connectivity index (χ0v) is 10.8. The number of aliphatic imine (C=N–C) groups is 1. The quantitative estimate of drug-likeness (QED) is 0.573. The lowest BCUT2D eigenvalue weighted by molar-refractivity contribution is -0.136. The molecular formula is C7H8N4O6S2. The van der Waals surface area contributed by atoms with Crippen LogP contribution in [-0.2, 0) is 19.6 Å². The molecule has 0 aliphatic rings. The van der Waals surface area contributed by atoms with E-state index in [-0.39, 0.29) is 11.6 Å². The molecule has 0 spiro atoms. The largest absolute Gasteiger partial charge is 0.481 e. The fourth-order valence-electron chi connectivity index (χ4n) is 0.914. The van der Waals surface area contributed by atoms with Crippen molar-refractivity contribution in [3.05, 3.63) is 0 Å². The van der Waals surface area contributed by atoms with E-state index in [1.54, 1.807) is 0 Å². The first kappa shape index (κ1) is 15.1. The third-order valence-electron chi connectivity index (χ3n) is 1.69. The van der Waals surface area contributed by atoms with E-state index in [0.29, 0.717) is 11.3 Å². The first-order valence-electron chi connectivity index (χ1n) is 4.59. The van der Waals surface area contributed by atoms with Crippen molar-refractivity contribution in [3.63, 3.8) is 0 Å². The van der Waals surface area contributed by atoms with Crippen LogP contribution in [-0.4, -0.2) is 46.5 Å². The Morgan fingerprint density at radius 1 is 1.26 bits per heavy atom. The van der Waals surface area contributed by atoms with Crippen molar-refractivity contribution in [2.24, 2.45) is 10.1 Å². The van der Waals surface area contributed by atoms with E-state index in [4.69, 9.17) is 15.4 Å². The molecule has 0 unspecified atom stereocenters. The lowest BCUT2D eigenvalue weighted by Crippen LogP contribution is -2.14. The van der Waals surface area contributed by atoms with Gasteiger partial charge in [-0.25, -0.2) is 23.3 Å². The van der Waals surface area contributed by atoms with Crippen LogP contribution in [0.15, 0.2) is 9.33 Å². The minimum absolute atomic E-state index is 0.230. The van der Waals surface area contributed by atoms with Crippen LogP contribution >= 0.6 is 11.3 Å². The number of hydrogen-bond donors (Lipinski definition) is 3. The minimum Gasteiger partial charge on any atom is -0.481 e. The maximum absolute atomic E-state index is 10.9. The van der Waals surface area contributed by atoms with Gasteiger partial charge in [-0.3, -0.25) is 4.79 Å². The molecular weight excluding hydrogens is 300 g/mol. The highest BCUT2D eigenvalue weighted by Gasteiger charge is 2.17. The van der Waals surface area contributed by atoms with Gasteiger partial charge in [-0.05, 0) is 0 Å². The summed E-state index contributed by atoms with van der Waals surface area (Å²) >= 11 is 0.486. The van der Waals surface area contributed by atoms with E-state index < -0.39 is 38.4 Å². The van der Waals surface area contributed by atoms with Gasteiger partial charge in [0.2, 0.25) is 9.47 Å². The second kappa shape index (κ2) is 5.81. The van der Waals surface area contributed by atoms with Crippen LogP contribution in [0.5, 0.6) is 0 Å². The maximum Gasteiger partial charge on any atom is 0.350 e. The van der Waals surface area contributed by atoms with Gasteiger partial charge in [-0.15, -0.1) is 10.2 Å². The van der Waals surface area contributed by atoms with Crippen molar-refractivity contribution in [1.29, 1.82) is 0 Å².